The summed E-state index contributed by atoms with van der Waals surface area (Å²) >= 11 is 3.27. The highest BCUT2D eigenvalue weighted by Gasteiger charge is 2.17. The van der Waals surface area contributed by atoms with Crippen molar-refractivity contribution in [2.45, 2.75) is 19.4 Å². The minimum Gasteiger partial charge on any atom is -0.272 e. The van der Waals surface area contributed by atoms with Gasteiger partial charge in [-0.3, -0.25) is 16.0 Å². The molecule has 1 aromatic carbocycles. The lowest BCUT2D eigenvalue weighted by Crippen LogP contribution is -2.30. The smallest absolute Gasteiger partial charge is 0.137 e. The number of rotatable bonds is 4. The van der Waals surface area contributed by atoms with Crippen LogP contribution in [0.4, 0.5) is 4.39 Å². The van der Waals surface area contributed by atoms with Crippen molar-refractivity contribution in [3.8, 4) is 0 Å². The Hall–Kier alpha value is -1.24. The Morgan fingerprint density at radius 3 is 2.84 bits per heavy atom. The molecule has 102 valence electrons. The second-order valence-corrected chi connectivity index (χ2v) is 5.26. The minimum absolute atomic E-state index is 0.181. The average Bonchev–Trinajstić information content (AvgIpc) is 2.68. The Kier molecular flexibility index (Phi) is 4.34. The van der Waals surface area contributed by atoms with Gasteiger partial charge in [-0.05, 0) is 40.5 Å². The Labute approximate surface area is 119 Å². The van der Waals surface area contributed by atoms with Gasteiger partial charge >= 0.3 is 0 Å². The third-order valence-electron chi connectivity index (χ3n) is 3.07. The first kappa shape index (κ1) is 14.2. The Morgan fingerprint density at radius 2 is 2.26 bits per heavy atom. The fourth-order valence-corrected chi connectivity index (χ4v) is 2.65. The highest BCUT2D eigenvalue weighted by molar-refractivity contribution is 9.10. The van der Waals surface area contributed by atoms with E-state index in [-0.39, 0.29) is 11.9 Å². The highest BCUT2D eigenvalue weighted by Crippen LogP contribution is 2.28. The fourth-order valence-electron chi connectivity index (χ4n) is 2.11. The molecule has 0 saturated carbocycles. The van der Waals surface area contributed by atoms with Gasteiger partial charge in [0, 0.05) is 19.2 Å². The molecule has 1 aromatic heterocycles. The first-order chi connectivity index (χ1) is 9.02. The summed E-state index contributed by atoms with van der Waals surface area (Å²) in [4.78, 5) is 0. The zero-order chi connectivity index (χ0) is 14.0. The maximum atomic E-state index is 13.6. The largest absolute Gasteiger partial charge is 0.272 e. The lowest BCUT2D eigenvalue weighted by atomic mass is 10.0. The lowest BCUT2D eigenvalue weighted by Gasteiger charge is -2.18. The zero-order valence-electron chi connectivity index (χ0n) is 10.8. The monoisotopic (exact) mass is 326 g/mol. The topological polar surface area (TPSA) is 55.9 Å². The minimum atomic E-state index is -0.293. The molecule has 0 radical (unpaired) electrons. The molecule has 0 saturated heterocycles. The molecule has 0 aliphatic rings. The van der Waals surface area contributed by atoms with Crippen LogP contribution in [-0.2, 0) is 13.5 Å². The van der Waals surface area contributed by atoms with E-state index in [9.17, 15) is 4.39 Å². The van der Waals surface area contributed by atoms with Crippen LogP contribution in [0.25, 0.3) is 0 Å². The van der Waals surface area contributed by atoms with E-state index in [0.29, 0.717) is 10.9 Å². The molecule has 0 aliphatic carbocycles. The summed E-state index contributed by atoms with van der Waals surface area (Å²) in [5.41, 5.74) is 5.52. The normalized spacial score (nSPS) is 12.7. The van der Waals surface area contributed by atoms with Gasteiger partial charge in [0.25, 0.3) is 0 Å². The van der Waals surface area contributed by atoms with E-state index in [0.717, 1.165) is 17.0 Å². The molecule has 2 rings (SSSR count). The van der Waals surface area contributed by atoms with Gasteiger partial charge in [0.1, 0.15) is 5.82 Å². The van der Waals surface area contributed by atoms with E-state index in [2.05, 4.69) is 26.5 Å². The van der Waals surface area contributed by atoms with Crippen LogP contribution in [-0.4, -0.2) is 9.78 Å². The predicted molar refractivity (Wildman–Crippen MR) is 75.8 cm³/mol. The number of halogens is 2. The molecule has 0 aliphatic heterocycles. The summed E-state index contributed by atoms with van der Waals surface area (Å²) in [5, 5.41) is 4.29. The number of aromatic nitrogens is 2. The van der Waals surface area contributed by atoms with Crippen LogP contribution in [0.15, 0.2) is 28.7 Å². The van der Waals surface area contributed by atoms with Gasteiger partial charge < -0.3 is 0 Å². The molecular formula is C13H16BrFN4. The number of aryl methyl sites for hydroxylation is 2. The first-order valence-corrected chi connectivity index (χ1v) is 6.71. The standard InChI is InChI=1S/C13H16BrFN4/c1-8-6-9(19(2)18-8)7-12(17-16)10-4-3-5-11(15)13(10)14/h3-6,12,17H,7,16H2,1-2H3. The van der Waals surface area contributed by atoms with Gasteiger partial charge in [-0.1, -0.05) is 12.1 Å². The number of nitrogens with two attached hydrogens (primary N) is 1. The number of hydrazine groups is 1. The molecular weight excluding hydrogens is 311 g/mol. The second-order valence-electron chi connectivity index (χ2n) is 4.47. The summed E-state index contributed by atoms with van der Waals surface area (Å²) in [6, 6.07) is 6.75. The maximum absolute atomic E-state index is 13.6. The molecule has 1 unspecified atom stereocenters. The quantitative estimate of drug-likeness (QED) is 0.670. The van der Waals surface area contributed by atoms with Crippen LogP contribution in [0, 0.1) is 12.7 Å². The van der Waals surface area contributed by atoms with Crippen LogP contribution in [0.2, 0.25) is 0 Å². The Morgan fingerprint density at radius 1 is 1.53 bits per heavy atom. The molecule has 4 nitrogen and oxygen atoms in total. The molecule has 0 fully saturated rings. The van der Waals surface area contributed by atoms with E-state index >= 15 is 0 Å². The van der Waals surface area contributed by atoms with Crippen molar-refractivity contribution in [2.75, 3.05) is 0 Å². The summed E-state index contributed by atoms with van der Waals surface area (Å²) in [7, 11) is 1.89. The number of nitrogens with one attached hydrogen (secondary N) is 1. The van der Waals surface area contributed by atoms with Crippen molar-refractivity contribution in [2.24, 2.45) is 12.9 Å². The molecule has 1 heterocycles. The Bertz CT molecular complexity index is 582. The van der Waals surface area contributed by atoms with Gasteiger partial charge in [-0.15, -0.1) is 0 Å². The SMILES string of the molecule is Cc1cc(CC(NN)c2cccc(F)c2Br)n(C)n1. The molecule has 0 bridgehead atoms. The van der Waals surface area contributed by atoms with Crippen molar-refractivity contribution in [1.29, 1.82) is 0 Å². The number of benzene rings is 1. The lowest BCUT2D eigenvalue weighted by molar-refractivity contribution is 0.521. The number of nitrogens with zero attached hydrogens (tertiary/aromatic N) is 2. The van der Waals surface area contributed by atoms with Gasteiger partial charge in [-0.25, -0.2) is 4.39 Å². The summed E-state index contributed by atoms with van der Waals surface area (Å²) in [5.74, 6) is 5.31. The van der Waals surface area contributed by atoms with Crippen molar-refractivity contribution in [3.63, 3.8) is 0 Å². The van der Waals surface area contributed by atoms with Crippen LogP contribution in [0.5, 0.6) is 0 Å². The maximum Gasteiger partial charge on any atom is 0.137 e. The molecule has 1 atom stereocenters. The van der Waals surface area contributed by atoms with E-state index in [1.807, 2.05) is 30.8 Å². The van der Waals surface area contributed by atoms with Crippen molar-refractivity contribution < 1.29 is 4.39 Å². The third-order valence-corrected chi connectivity index (χ3v) is 3.91. The highest BCUT2D eigenvalue weighted by atomic mass is 79.9. The van der Waals surface area contributed by atoms with Crippen LogP contribution >= 0.6 is 15.9 Å². The zero-order valence-corrected chi connectivity index (χ0v) is 12.4. The Balaban J connectivity index is 2.30. The van der Waals surface area contributed by atoms with Gasteiger partial charge in [-0.2, -0.15) is 5.10 Å². The molecule has 2 aromatic rings. The number of hydrogen-bond acceptors (Lipinski definition) is 3. The van der Waals surface area contributed by atoms with Crippen LogP contribution < -0.4 is 11.3 Å². The molecule has 0 spiro atoms. The van der Waals surface area contributed by atoms with Crippen molar-refractivity contribution >= 4 is 15.9 Å². The van der Waals surface area contributed by atoms with E-state index in [1.165, 1.54) is 6.07 Å². The molecule has 6 heteroatoms. The van der Waals surface area contributed by atoms with Crippen LogP contribution in [0.1, 0.15) is 23.0 Å². The third kappa shape index (κ3) is 3.02. The van der Waals surface area contributed by atoms with Gasteiger partial charge in [0.05, 0.1) is 16.2 Å². The predicted octanol–water partition coefficient (Wildman–Crippen LogP) is 2.38. The summed E-state index contributed by atoms with van der Waals surface area (Å²) < 4.78 is 15.8. The summed E-state index contributed by atoms with van der Waals surface area (Å²) in [6.07, 6.45) is 0.635. The van der Waals surface area contributed by atoms with E-state index in [1.54, 1.807) is 6.07 Å². The number of hydrogen-bond donors (Lipinski definition) is 2. The fraction of sp³-hybridized carbons (Fsp3) is 0.308. The van der Waals surface area contributed by atoms with E-state index < -0.39 is 0 Å². The van der Waals surface area contributed by atoms with Crippen molar-refractivity contribution in [3.05, 3.63) is 51.5 Å². The first-order valence-electron chi connectivity index (χ1n) is 5.92. The molecule has 0 amide bonds. The molecule has 19 heavy (non-hydrogen) atoms. The van der Waals surface area contributed by atoms with Gasteiger partial charge in [0.15, 0.2) is 0 Å². The second kappa shape index (κ2) is 5.81. The van der Waals surface area contributed by atoms with Crippen LogP contribution in [0.3, 0.4) is 0 Å². The van der Waals surface area contributed by atoms with Crippen molar-refractivity contribution in [1.82, 2.24) is 15.2 Å². The van der Waals surface area contributed by atoms with E-state index in [4.69, 9.17) is 5.84 Å². The summed E-state index contributed by atoms with van der Waals surface area (Å²) in [6.45, 7) is 1.94. The van der Waals surface area contributed by atoms with Gasteiger partial charge in [0.2, 0.25) is 0 Å². The molecule has 3 N–H and O–H groups in total. The average molecular weight is 327 g/mol.